The lowest BCUT2D eigenvalue weighted by molar-refractivity contribution is -0.120. The van der Waals surface area contributed by atoms with Crippen LogP contribution in [0.1, 0.15) is 41.2 Å². The molecular formula is C22H23N3O5S. The molecule has 1 aromatic carbocycles. The van der Waals surface area contributed by atoms with Crippen molar-refractivity contribution in [1.82, 2.24) is 10.3 Å². The lowest BCUT2D eigenvalue weighted by atomic mass is 9.84. The van der Waals surface area contributed by atoms with Crippen LogP contribution in [0.4, 0.5) is 5.13 Å². The first kappa shape index (κ1) is 20.9. The number of ether oxygens (including phenoxy) is 2. The molecule has 31 heavy (non-hydrogen) atoms. The summed E-state index contributed by atoms with van der Waals surface area (Å²) < 4.78 is 15.9. The van der Waals surface area contributed by atoms with E-state index in [9.17, 15) is 9.59 Å². The van der Waals surface area contributed by atoms with E-state index in [-0.39, 0.29) is 30.4 Å². The summed E-state index contributed by atoms with van der Waals surface area (Å²) in [7, 11) is 0. The Morgan fingerprint density at radius 3 is 2.77 bits per heavy atom. The zero-order chi connectivity index (χ0) is 22.0. The van der Waals surface area contributed by atoms with Crippen molar-refractivity contribution in [3.8, 4) is 11.5 Å². The van der Waals surface area contributed by atoms with Crippen molar-refractivity contribution in [2.45, 2.75) is 32.6 Å². The van der Waals surface area contributed by atoms with Crippen molar-refractivity contribution < 1.29 is 23.5 Å². The van der Waals surface area contributed by atoms with Crippen LogP contribution in [0.2, 0.25) is 0 Å². The molecule has 2 amide bonds. The molecule has 0 spiro atoms. The van der Waals surface area contributed by atoms with E-state index >= 15 is 0 Å². The third kappa shape index (κ3) is 4.72. The molecule has 0 fully saturated rings. The molecule has 1 aliphatic heterocycles. The lowest BCUT2D eigenvalue weighted by Crippen LogP contribution is -2.37. The number of rotatable bonds is 7. The number of nitrogens with one attached hydrogen (secondary N) is 2. The number of anilines is 1. The van der Waals surface area contributed by atoms with Crippen LogP contribution in [0.25, 0.3) is 0 Å². The molecule has 9 heteroatoms. The Kier molecular flexibility index (Phi) is 5.69. The Morgan fingerprint density at radius 2 is 2.00 bits per heavy atom. The summed E-state index contributed by atoms with van der Waals surface area (Å²) in [5.41, 5.74) is 1.81. The molecule has 0 aliphatic carbocycles. The van der Waals surface area contributed by atoms with Gasteiger partial charge < -0.3 is 19.2 Å². The first-order valence-corrected chi connectivity index (χ1v) is 10.7. The van der Waals surface area contributed by atoms with Gasteiger partial charge in [0.2, 0.25) is 12.7 Å². The van der Waals surface area contributed by atoms with E-state index in [1.165, 1.54) is 17.6 Å². The number of benzene rings is 1. The maximum atomic E-state index is 12.4. The van der Waals surface area contributed by atoms with Gasteiger partial charge in [0.15, 0.2) is 16.6 Å². The molecule has 0 atom stereocenters. The van der Waals surface area contributed by atoms with Crippen molar-refractivity contribution in [3.63, 3.8) is 0 Å². The third-order valence-electron chi connectivity index (χ3n) is 5.10. The molecule has 162 valence electrons. The van der Waals surface area contributed by atoms with Gasteiger partial charge in [0, 0.05) is 17.3 Å². The predicted octanol–water partition coefficient (Wildman–Crippen LogP) is 3.66. The van der Waals surface area contributed by atoms with Crippen LogP contribution < -0.4 is 20.1 Å². The quantitative estimate of drug-likeness (QED) is 0.580. The largest absolute Gasteiger partial charge is 0.469 e. The molecule has 0 saturated carbocycles. The van der Waals surface area contributed by atoms with Crippen molar-refractivity contribution in [1.29, 1.82) is 0 Å². The van der Waals surface area contributed by atoms with Crippen molar-refractivity contribution in [2.24, 2.45) is 0 Å². The second kappa shape index (κ2) is 8.43. The molecule has 3 aromatic rings. The number of aryl methyl sites for hydroxylation is 1. The minimum Gasteiger partial charge on any atom is -0.469 e. The van der Waals surface area contributed by atoms with Gasteiger partial charge in [-0.25, -0.2) is 4.98 Å². The lowest BCUT2D eigenvalue weighted by Gasteiger charge is -2.26. The normalized spacial score (nSPS) is 12.6. The first-order valence-electron chi connectivity index (χ1n) is 9.78. The second-order valence-corrected chi connectivity index (χ2v) is 8.75. The monoisotopic (exact) mass is 441 g/mol. The molecule has 1 aliphatic rings. The number of fused-ring (bicyclic) bond motifs is 1. The number of hydrogen-bond acceptors (Lipinski definition) is 7. The van der Waals surface area contributed by atoms with Crippen LogP contribution >= 0.6 is 11.3 Å². The highest BCUT2D eigenvalue weighted by atomic mass is 32.1. The Hall–Kier alpha value is -3.33. The summed E-state index contributed by atoms with van der Waals surface area (Å²) in [5.74, 6) is 1.57. The van der Waals surface area contributed by atoms with Crippen LogP contribution in [0.3, 0.4) is 0 Å². The average Bonchev–Trinajstić information content (AvgIpc) is 3.47. The third-order valence-corrected chi connectivity index (χ3v) is 5.91. The van der Waals surface area contributed by atoms with Gasteiger partial charge in [-0.05, 0) is 30.7 Å². The fourth-order valence-corrected chi connectivity index (χ4v) is 3.90. The van der Waals surface area contributed by atoms with Gasteiger partial charge >= 0.3 is 0 Å². The Morgan fingerprint density at radius 1 is 1.19 bits per heavy atom. The Balaban J connectivity index is 1.31. The zero-order valence-electron chi connectivity index (χ0n) is 17.5. The van der Waals surface area contributed by atoms with Crippen LogP contribution in [0.15, 0.2) is 40.3 Å². The second-order valence-electron chi connectivity index (χ2n) is 7.89. The molecule has 4 rings (SSSR count). The maximum Gasteiger partial charge on any atom is 0.260 e. The molecule has 0 bridgehead atoms. The van der Waals surface area contributed by atoms with Crippen LogP contribution in [0.5, 0.6) is 11.5 Å². The fourth-order valence-electron chi connectivity index (χ4n) is 3.20. The SMILES string of the molecule is Cc1occc1C(=O)Nc1nc(CC(=O)NCC(C)(C)c2ccc3c(c2)OCO3)cs1. The van der Waals surface area contributed by atoms with Gasteiger partial charge in [-0.1, -0.05) is 19.9 Å². The zero-order valence-corrected chi connectivity index (χ0v) is 18.3. The van der Waals surface area contributed by atoms with Gasteiger partial charge in [-0.15, -0.1) is 11.3 Å². The maximum absolute atomic E-state index is 12.4. The smallest absolute Gasteiger partial charge is 0.260 e. The van der Waals surface area contributed by atoms with Gasteiger partial charge in [-0.3, -0.25) is 14.9 Å². The predicted molar refractivity (Wildman–Crippen MR) is 116 cm³/mol. The summed E-state index contributed by atoms with van der Waals surface area (Å²) in [6.07, 6.45) is 1.60. The molecule has 2 N–H and O–H groups in total. The van der Waals surface area contributed by atoms with E-state index in [4.69, 9.17) is 13.9 Å². The molecular weight excluding hydrogens is 418 g/mol. The van der Waals surface area contributed by atoms with Gasteiger partial charge in [0.25, 0.3) is 5.91 Å². The van der Waals surface area contributed by atoms with E-state index in [2.05, 4.69) is 29.5 Å². The summed E-state index contributed by atoms with van der Waals surface area (Å²) in [6.45, 7) is 6.52. The summed E-state index contributed by atoms with van der Waals surface area (Å²) >= 11 is 1.28. The summed E-state index contributed by atoms with van der Waals surface area (Å²) in [4.78, 5) is 29.0. The molecule has 0 unspecified atom stereocenters. The molecule has 8 nitrogen and oxygen atoms in total. The first-order chi connectivity index (χ1) is 14.8. The molecule has 2 aromatic heterocycles. The minimum atomic E-state index is -0.291. The number of amides is 2. The van der Waals surface area contributed by atoms with E-state index in [0.29, 0.717) is 28.7 Å². The highest BCUT2D eigenvalue weighted by Crippen LogP contribution is 2.36. The average molecular weight is 442 g/mol. The molecule has 0 saturated heterocycles. The van der Waals surface area contributed by atoms with E-state index < -0.39 is 0 Å². The summed E-state index contributed by atoms with van der Waals surface area (Å²) in [5, 5.41) is 7.91. The molecule has 3 heterocycles. The van der Waals surface area contributed by atoms with Crippen molar-refractivity contribution in [3.05, 3.63) is 58.5 Å². The number of hydrogen-bond donors (Lipinski definition) is 2. The number of furan rings is 1. The van der Waals surface area contributed by atoms with Gasteiger partial charge in [0.1, 0.15) is 5.76 Å². The van der Waals surface area contributed by atoms with Crippen LogP contribution in [-0.2, 0) is 16.6 Å². The number of carbonyl (C=O) groups excluding carboxylic acids is 2. The summed E-state index contributed by atoms with van der Waals surface area (Å²) in [6, 6.07) is 7.42. The van der Waals surface area contributed by atoms with E-state index in [1.54, 1.807) is 18.4 Å². The minimum absolute atomic E-state index is 0.133. The van der Waals surface area contributed by atoms with Crippen molar-refractivity contribution >= 4 is 28.3 Å². The highest BCUT2D eigenvalue weighted by molar-refractivity contribution is 7.14. The van der Waals surface area contributed by atoms with Crippen LogP contribution in [-0.4, -0.2) is 30.1 Å². The number of carbonyl (C=O) groups is 2. The van der Waals surface area contributed by atoms with Gasteiger partial charge in [-0.2, -0.15) is 0 Å². The number of nitrogens with zero attached hydrogens (tertiary/aromatic N) is 1. The standard InChI is InChI=1S/C22H23N3O5S/c1-13-16(6-7-28-13)20(27)25-21-24-15(10-31-21)9-19(26)23-11-22(2,3)14-4-5-17-18(8-14)30-12-29-17/h4-8,10H,9,11-12H2,1-3H3,(H,23,26)(H,24,25,27). The Bertz CT molecular complexity index is 1120. The van der Waals surface area contributed by atoms with Crippen LogP contribution in [0, 0.1) is 6.92 Å². The number of aromatic nitrogens is 1. The molecule has 0 radical (unpaired) electrons. The van der Waals surface area contributed by atoms with E-state index in [1.807, 2.05) is 18.2 Å². The number of thiazole rings is 1. The Labute approximate surface area is 183 Å². The van der Waals surface area contributed by atoms with Gasteiger partial charge in [0.05, 0.1) is 23.9 Å². The topological polar surface area (TPSA) is 103 Å². The van der Waals surface area contributed by atoms with Crippen molar-refractivity contribution in [2.75, 3.05) is 18.7 Å². The van der Waals surface area contributed by atoms with E-state index in [0.717, 1.165) is 17.1 Å². The highest BCUT2D eigenvalue weighted by Gasteiger charge is 2.25. The fraction of sp³-hybridized carbons (Fsp3) is 0.318.